The number of methoxy groups -OCH3 is 1. The largest absolute Gasteiger partial charge is 0.493 e. The smallest absolute Gasteiger partial charge is 0.223 e. The number of para-hydroxylation sites is 4. The molecule has 0 fully saturated rings. The van der Waals surface area contributed by atoms with Crippen LogP contribution >= 0.6 is 0 Å². The molecule has 0 saturated carbocycles. The quantitative estimate of drug-likeness (QED) is 0.836. The second-order valence-corrected chi connectivity index (χ2v) is 5.55. The Morgan fingerprint density at radius 3 is 2.64 bits per heavy atom. The summed E-state index contributed by atoms with van der Waals surface area (Å²) in [5.74, 6) is 2.60. The molecule has 3 rings (SSSR count). The monoisotopic (exact) mass is 343 g/mol. The molecule has 1 N–H and O–H groups in total. The molecule has 2 aromatic rings. The van der Waals surface area contributed by atoms with E-state index in [1.807, 2.05) is 42.5 Å². The molecule has 0 aliphatic carbocycles. The number of carbonyl (C=O) groups excluding carboxylic acids is 1. The van der Waals surface area contributed by atoms with Gasteiger partial charge < -0.3 is 24.3 Å². The topological polar surface area (TPSA) is 66.0 Å². The van der Waals surface area contributed by atoms with Gasteiger partial charge in [0.1, 0.15) is 12.7 Å². The van der Waals surface area contributed by atoms with E-state index < -0.39 is 0 Å². The first-order valence-electron chi connectivity index (χ1n) is 8.17. The van der Waals surface area contributed by atoms with E-state index in [1.165, 1.54) is 0 Å². The number of nitrogens with one attached hydrogen (secondary N) is 1. The van der Waals surface area contributed by atoms with E-state index >= 15 is 0 Å². The van der Waals surface area contributed by atoms with Gasteiger partial charge in [-0.15, -0.1) is 0 Å². The van der Waals surface area contributed by atoms with Crippen molar-refractivity contribution in [2.24, 2.45) is 0 Å². The molecule has 132 valence electrons. The number of benzene rings is 2. The maximum absolute atomic E-state index is 12.0. The van der Waals surface area contributed by atoms with Crippen LogP contribution in [0.1, 0.15) is 6.42 Å². The van der Waals surface area contributed by atoms with Crippen LogP contribution in [0.4, 0.5) is 0 Å². The molecule has 1 atom stereocenters. The Balaban J connectivity index is 1.39. The van der Waals surface area contributed by atoms with Gasteiger partial charge in [-0.25, -0.2) is 0 Å². The van der Waals surface area contributed by atoms with Gasteiger partial charge in [0, 0.05) is 0 Å². The van der Waals surface area contributed by atoms with Gasteiger partial charge in [0.2, 0.25) is 5.91 Å². The highest BCUT2D eigenvalue weighted by molar-refractivity contribution is 5.76. The average Bonchev–Trinajstić information content (AvgIpc) is 2.66. The van der Waals surface area contributed by atoms with Crippen molar-refractivity contribution in [1.29, 1.82) is 0 Å². The summed E-state index contributed by atoms with van der Waals surface area (Å²) in [5, 5.41) is 2.84. The number of ether oxygens (including phenoxy) is 4. The van der Waals surface area contributed by atoms with E-state index in [0.717, 1.165) is 5.75 Å². The normalized spacial score (nSPS) is 15.3. The minimum Gasteiger partial charge on any atom is -0.493 e. The fraction of sp³-hybridized carbons (Fsp3) is 0.316. The first kappa shape index (κ1) is 17.0. The van der Waals surface area contributed by atoms with Crippen molar-refractivity contribution in [2.45, 2.75) is 12.5 Å². The first-order valence-corrected chi connectivity index (χ1v) is 8.17. The van der Waals surface area contributed by atoms with Crippen LogP contribution in [0.3, 0.4) is 0 Å². The Bertz CT molecular complexity index is 718. The zero-order valence-corrected chi connectivity index (χ0v) is 14.1. The van der Waals surface area contributed by atoms with Gasteiger partial charge >= 0.3 is 0 Å². The molecule has 6 heteroatoms. The van der Waals surface area contributed by atoms with Gasteiger partial charge in [-0.1, -0.05) is 24.3 Å². The van der Waals surface area contributed by atoms with Gasteiger partial charge in [0.15, 0.2) is 23.0 Å². The molecule has 1 aliphatic heterocycles. The van der Waals surface area contributed by atoms with E-state index in [0.29, 0.717) is 30.4 Å². The molecule has 0 radical (unpaired) electrons. The highest BCUT2D eigenvalue weighted by Crippen LogP contribution is 2.30. The Kier molecular flexibility index (Phi) is 5.61. The molecule has 0 aromatic heterocycles. The van der Waals surface area contributed by atoms with Crippen molar-refractivity contribution >= 4 is 5.91 Å². The molecule has 2 aromatic carbocycles. The summed E-state index contributed by atoms with van der Waals surface area (Å²) < 4.78 is 22.2. The second-order valence-electron chi connectivity index (χ2n) is 5.55. The maximum atomic E-state index is 12.0. The predicted molar refractivity (Wildman–Crippen MR) is 92.5 cm³/mol. The Hall–Kier alpha value is -2.89. The van der Waals surface area contributed by atoms with Crippen LogP contribution in [0.25, 0.3) is 0 Å². The molecular weight excluding hydrogens is 322 g/mol. The maximum Gasteiger partial charge on any atom is 0.223 e. The van der Waals surface area contributed by atoms with E-state index in [4.69, 9.17) is 18.9 Å². The first-order chi connectivity index (χ1) is 12.3. The number of hydrogen-bond donors (Lipinski definition) is 1. The summed E-state index contributed by atoms with van der Waals surface area (Å²) in [6, 6.07) is 14.8. The third-order valence-electron chi connectivity index (χ3n) is 3.75. The van der Waals surface area contributed by atoms with Gasteiger partial charge in [-0.2, -0.15) is 0 Å². The third-order valence-corrected chi connectivity index (χ3v) is 3.75. The van der Waals surface area contributed by atoms with Gasteiger partial charge in [0.25, 0.3) is 0 Å². The van der Waals surface area contributed by atoms with Crippen LogP contribution < -0.4 is 24.3 Å². The van der Waals surface area contributed by atoms with Crippen molar-refractivity contribution in [1.82, 2.24) is 5.32 Å². The molecule has 0 unspecified atom stereocenters. The van der Waals surface area contributed by atoms with Crippen LogP contribution in [-0.2, 0) is 4.79 Å². The highest BCUT2D eigenvalue weighted by Gasteiger charge is 2.20. The zero-order chi connectivity index (χ0) is 17.5. The highest BCUT2D eigenvalue weighted by atomic mass is 16.6. The molecule has 0 spiro atoms. The molecule has 1 aliphatic rings. The summed E-state index contributed by atoms with van der Waals surface area (Å²) in [4.78, 5) is 12.0. The average molecular weight is 343 g/mol. The lowest BCUT2D eigenvalue weighted by Crippen LogP contribution is -2.41. The molecule has 6 nitrogen and oxygen atoms in total. The molecular formula is C19H21NO5. The van der Waals surface area contributed by atoms with E-state index in [1.54, 1.807) is 13.2 Å². The van der Waals surface area contributed by atoms with Crippen molar-refractivity contribution in [3.8, 4) is 23.0 Å². The van der Waals surface area contributed by atoms with E-state index in [-0.39, 0.29) is 25.0 Å². The Morgan fingerprint density at radius 1 is 1.12 bits per heavy atom. The molecule has 1 amide bonds. The van der Waals surface area contributed by atoms with Gasteiger partial charge in [0.05, 0.1) is 26.7 Å². The minimum atomic E-state index is -0.200. The summed E-state index contributed by atoms with van der Waals surface area (Å²) in [6.07, 6.45) is 0.0522. The minimum absolute atomic E-state index is 0.0997. The van der Waals surface area contributed by atoms with Crippen LogP contribution in [-0.4, -0.2) is 38.9 Å². The summed E-state index contributed by atoms with van der Waals surface area (Å²) in [6.45, 7) is 1.08. The molecule has 0 saturated heterocycles. The SMILES string of the molecule is COc1ccccc1OCCC(=O)NC[C@@H]1COc2ccccc2O1. The zero-order valence-electron chi connectivity index (χ0n) is 14.1. The lowest BCUT2D eigenvalue weighted by atomic mass is 10.2. The van der Waals surface area contributed by atoms with Crippen molar-refractivity contribution in [2.75, 3.05) is 26.9 Å². The number of amides is 1. The van der Waals surface area contributed by atoms with Gasteiger partial charge in [-0.3, -0.25) is 4.79 Å². The number of hydrogen-bond acceptors (Lipinski definition) is 5. The lowest BCUT2D eigenvalue weighted by molar-refractivity contribution is -0.122. The van der Waals surface area contributed by atoms with E-state index in [2.05, 4.69) is 5.32 Å². The van der Waals surface area contributed by atoms with Crippen LogP contribution in [0.2, 0.25) is 0 Å². The fourth-order valence-corrected chi connectivity index (χ4v) is 2.47. The van der Waals surface area contributed by atoms with E-state index in [9.17, 15) is 4.79 Å². The van der Waals surface area contributed by atoms with Crippen LogP contribution in [0.15, 0.2) is 48.5 Å². The summed E-state index contributed by atoms with van der Waals surface area (Å²) in [7, 11) is 1.58. The standard InChI is InChI=1S/C19H21NO5/c1-22-15-6-2-3-7-16(15)23-11-10-19(21)20-12-14-13-24-17-8-4-5-9-18(17)25-14/h2-9,14H,10-13H2,1H3,(H,20,21)/t14-/m1/s1. The van der Waals surface area contributed by atoms with Crippen LogP contribution in [0, 0.1) is 0 Å². The predicted octanol–water partition coefficient (Wildman–Crippen LogP) is 2.42. The summed E-state index contributed by atoms with van der Waals surface area (Å²) in [5.41, 5.74) is 0. The molecule has 25 heavy (non-hydrogen) atoms. The number of carbonyl (C=O) groups is 1. The molecule has 1 heterocycles. The Morgan fingerprint density at radius 2 is 1.84 bits per heavy atom. The van der Waals surface area contributed by atoms with Gasteiger partial charge in [-0.05, 0) is 24.3 Å². The summed E-state index contributed by atoms with van der Waals surface area (Å²) >= 11 is 0. The lowest BCUT2D eigenvalue weighted by Gasteiger charge is -2.26. The fourth-order valence-electron chi connectivity index (χ4n) is 2.47. The van der Waals surface area contributed by atoms with Crippen molar-refractivity contribution in [3.05, 3.63) is 48.5 Å². The van der Waals surface area contributed by atoms with Crippen molar-refractivity contribution in [3.63, 3.8) is 0 Å². The number of rotatable bonds is 7. The second kappa shape index (κ2) is 8.28. The van der Waals surface area contributed by atoms with Crippen molar-refractivity contribution < 1.29 is 23.7 Å². The molecule has 0 bridgehead atoms. The third kappa shape index (κ3) is 4.56. The Labute approximate surface area is 146 Å². The number of fused-ring (bicyclic) bond motifs is 1. The van der Waals surface area contributed by atoms with Crippen LogP contribution in [0.5, 0.6) is 23.0 Å².